The van der Waals surface area contributed by atoms with Crippen molar-refractivity contribution in [1.29, 1.82) is 0 Å². The third-order valence-electron chi connectivity index (χ3n) is 4.02. The molecule has 3 rings (SSSR count). The number of anilines is 1. The average molecular weight is 342 g/mol. The number of rotatable bonds is 7. The summed E-state index contributed by atoms with van der Waals surface area (Å²) >= 11 is 0. The lowest BCUT2D eigenvalue weighted by Crippen LogP contribution is -2.14. The van der Waals surface area contributed by atoms with Crippen LogP contribution in [0.1, 0.15) is 18.5 Å². The zero-order valence-electron chi connectivity index (χ0n) is 14.8. The fraction of sp³-hybridized carbons (Fsp3) is 0.389. The van der Waals surface area contributed by atoms with E-state index < -0.39 is 0 Å². The second-order valence-electron chi connectivity index (χ2n) is 6.34. The molecule has 1 N–H and O–H groups in total. The summed E-state index contributed by atoms with van der Waals surface area (Å²) in [5.41, 5.74) is 2.14. The highest BCUT2D eigenvalue weighted by Crippen LogP contribution is 2.25. The van der Waals surface area contributed by atoms with Gasteiger partial charge in [-0.3, -0.25) is 0 Å². The van der Waals surface area contributed by atoms with Gasteiger partial charge in [0, 0.05) is 6.54 Å². The number of nitrogens with zero attached hydrogens (tertiary/aromatic N) is 5. The lowest BCUT2D eigenvalue weighted by atomic mass is 10.2. The maximum Gasteiger partial charge on any atom is 0.168 e. The molecule has 0 amide bonds. The maximum atomic E-state index is 13.5. The Morgan fingerprint density at radius 1 is 1.20 bits per heavy atom. The van der Waals surface area contributed by atoms with Gasteiger partial charge in [-0.25, -0.2) is 19.0 Å². The number of nitrogens with one attached hydrogen (secondary N) is 1. The summed E-state index contributed by atoms with van der Waals surface area (Å²) in [4.78, 5) is 10.9. The smallest absolute Gasteiger partial charge is 0.168 e. The van der Waals surface area contributed by atoms with Crippen LogP contribution in [0, 0.1) is 12.7 Å². The van der Waals surface area contributed by atoms with Gasteiger partial charge in [-0.15, -0.1) is 0 Å². The number of aromatic nitrogens is 4. The first kappa shape index (κ1) is 17.3. The summed E-state index contributed by atoms with van der Waals surface area (Å²) in [7, 11) is 4.15. The van der Waals surface area contributed by atoms with E-state index in [-0.39, 0.29) is 5.82 Å². The van der Waals surface area contributed by atoms with Gasteiger partial charge in [-0.05, 0) is 58.6 Å². The summed E-state index contributed by atoms with van der Waals surface area (Å²) in [5, 5.41) is 8.79. The molecule has 0 saturated heterocycles. The Bertz CT molecular complexity index is 858. The molecule has 25 heavy (non-hydrogen) atoms. The fourth-order valence-corrected chi connectivity index (χ4v) is 2.80. The van der Waals surface area contributed by atoms with Crippen LogP contribution in [0.2, 0.25) is 0 Å². The molecule has 0 bridgehead atoms. The molecule has 132 valence electrons. The van der Waals surface area contributed by atoms with Crippen LogP contribution >= 0.6 is 0 Å². The van der Waals surface area contributed by atoms with E-state index in [9.17, 15) is 4.39 Å². The molecule has 0 aliphatic rings. The number of aryl methyl sites for hydroxylation is 1. The van der Waals surface area contributed by atoms with Crippen LogP contribution in [-0.2, 0) is 0 Å². The van der Waals surface area contributed by atoms with Crippen molar-refractivity contribution in [3.8, 4) is 5.69 Å². The first-order valence-electron chi connectivity index (χ1n) is 8.41. The van der Waals surface area contributed by atoms with Gasteiger partial charge in [0.1, 0.15) is 18.0 Å². The largest absolute Gasteiger partial charge is 0.369 e. The van der Waals surface area contributed by atoms with Gasteiger partial charge in [0.05, 0.1) is 16.8 Å². The summed E-state index contributed by atoms with van der Waals surface area (Å²) < 4.78 is 15.2. The number of fused-ring (bicyclic) bond motifs is 1. The summed E-state index contributed by atoms with van der Waals surface area (Å²) in [5.74, 6) is 0.474. The number of hydrogen-bond donors (Lipinski definition) is 1. The molecule has 0 aliphatic carbocycles. The Morgan fingerprint density at radius 2 is 2.04 bits per heavy atom. The SMILES string of the molecule is Cc1nn(-c2cccc(F)c2)c2ncnc(NCCCCN(C)C)c12. The summed E-state index contributed by atoms with van der Waals surface area (Å²) in [6.07, 6.45) is 3.69. The molecule has 1 aromatic carbocycles. The van der Waals surface area contributed by atoms with Crippen LogP contribution in [0.15, 0.2) is 30.6 Å². The van der Waals surface area contributed by atoms with Gasteiger partial charge >= 0.3 is 0 Å². The Balaban J connectivity index is 1.84. The van der Waals surface area contributed by atoms with E-state index in [4.69, 9.17) is 0 Å². The molecule has 0 unspecified atom stereocenters. The molecule has 6 nitrogen and oxygen atoms in total. The lowest BCUT2D eigenvalue weighted by molar-refractivity contribution is 0.396. The Hall–Kier alpha value is -2.54. The molecular weight excluding hydrogens is 319 g/mol. The molecule has 7 heteroatoms. The molecule has 0 fully saturated rings. The minimum atomic E-state index is -0.299. The van der Waals surface area contributed by atoms with E-state index in [2.05, 4.69) is 39.4 Å². The quantitative estimate of drug-likeness (QED) is 0.669. The molecular formula is C18H23FN6. The predicted octanol–water partition coefficient (Wildman–Crippen LogP) is 3.02. The molecule has 0 aliphatic heterocycles. The van der Waals surface area contributed by atoms with E-state index >= 15 is 0 Å². The molecule has 3 aromatic rings. The highest BCUT2D eigenvalue weighted by Gasteiger charge is 2.15. The second kappa shape index (κ2) is 7.57. The van der Waals surface area contributed by atoms with Crippen molar-refractivity contribution in [1.82, 2.24) is 24.6 Å². The summed E-state index contributed by atoms with van der Waals surface area (Å²) in [6.45, 7) is 3.82. The zero-order valence-corrected chi connectivity index (χ0v) is 14.8. The van der Waals surface area contributed by atoms with Crippen molar-refractivity contribution in [2.75, 3.05) is 32.5 Å². The molecule has 0 radical (unpaired) electrons. The predicted molar refractivity (Wildman–Crippen MR) is 97.6 cm³/mol. The maximum absolute atomic E-state index is 13.5. The molecule has 0 spiro atoms. The van der Waals surface area contributed by atoms with Crippen LogP contribution in [-0.4, -0.2) is 51.8 Å². The average Bonchev–Trinajstić information content (AvgIpc) is 2.92. The van der Waals surface area contributed by atoms with Gasteiger partial charge in [0.25, 0.3) is 0 Å². The third-order valence-corrected chi connectivity index (χ3v) is 4.02. The van der Waals surface area contributed by atoms with Gasteiger partial charge in [0.2, 0.25) is 0 Å². The van der Waals surface area contributed by atoms with E-state index in [1.165, 1.54) is 18.5 Å². The van der Waals surface area contributed by atoms with E-state index in [1.807, 2.05) is 13.0 Å². The monoisotopic (exact) mass is 342 g/mol. The summed E-state index contributed by atoms with van der Waals surface area (Å²) in [6, 6.07) is 6.34. The first-order valence-corrected chi connectivity index (χ1v) is 8.41. The van der Waals surface area contributed by atoms with Crippen LogP contribution in [0.3, 0.4) is 0 Å². The normalized spacial score (nSPS) is 11.4. The van der Waals surface area contributed by atoms with Crippen molar-refractivity contribution in [3.63, 3.8) is 0 Å². The standard InChI is InChI=1S/C18H23FN6/c1-13-16-17(20-9-4-5-10-24(2)3)21-12-22-18(16)25(23-13)15-8-6-7-14(19)11-15/h6-8,11-12H,4-5,9-10H2,1-3H3,(H,20,21,22). The van der Waals surface area contributed by atoms with Crippen LogP contribution in [0.4, 0.5) is 10.2 Å². The van der Waals surface area contributed by atoms with Crippen molar-refractivity contribution < 1.29 is 4.39 Å². The highest BCUT2D eigenvalue weighted by atomic mass is 19.1. The molecule has 0 atom stereocenters. The van der Waals surface area contributed by atoms with Crippen molar-refractivity contribution in [2.45, 2.75) is 19.8 Å². The van der Waals surface area contributed by atoms with Crippen LogP contribution in [0.25, 0.3) is 16.7 Å². The van der Waals surface area contributed by atoms with Gasteiger partial charge in [-0.2, -0.15) is 5.10 Å². The highest BCUT2D eigenvalue weighted by molar-refractivity contribution is 5.90. The minimum absolute atomic E-state index is 0.299. The third kappa shape index (κ3) is 3.93. The first-order chi connectivity index (χ1) is 12.1. The number of benzene rings is 1. The van der Waals surface area contributed by atoms with Gasteiger partial charge < -0.3 is 10.2 Å². The van der Waals surface area contributed by atoms with Gasteiger partial charge in [0.15, 0.2) is 5.65 Å². The van der Waals surface area contributed by atoms with E-state index in [0.29, 0.717) is 11.3 Å². The Morgan fingerprint density at radius 3 is 2.80 bits per heavy atom. The van der Waals surface area contributed by atoms with E-state index in [1.54, 1.807) is 10.7 Å². The zero-order chi connectivity index (χ0) is 17.8. The Labute approximate surface area is 146 Å². The minimum Gasteiger partial charge on any atom is -0.369 e. The molecule has 2 aromatic heterocycles. The van der Waals surface area contributed by atoms with Crippen LogP contribution < -0.4 is 5.32 Å². The second-order valence-corrected chi connectivity index (χ2v) is 6.34. The topological polar surface area (TPSA) is 58.9 Å². The Kier molecular flexibility index (Phi) is 5.23. The van der Waals surface area contributed by atoms with Crippen molar-refractivity contribution in [2.24, 2.45) is 0 Å². The fourth-order valence-electron chi connectivity index (χ4n) is 2.80. The number of hydrogen-bond acceptors (Lipinski definition) is 5. The van der Waals surface area contributed by atoms with Crippen molar-refractivity contribution in [3.05, 3.63) is 42.1 Å². The number of unbranched alkanes of at least 4 members (excludes halogenated alkanes) is 1. The lowest BCUT2D eigenvalue weighted by Gasteiger charge is -2.10. The van der Waals surface area contributed by atoms with Crippen molar-refractivity contribution >= 4 is 16.9 Å². The number of halogens is 1. The van der Waals surface area contributed by atoms with Gasteiger partial charge in [-0.1, -0.05) is 6.07 Å². The van der Waals surface area contributed by atoms with Crippen LogP contribution in [0.5, 0.6) is 0 Å². The molecule has 0 saturated carbocycles. The van der Waals surface area contributed by atoms with E-state index in [0.717, 1.165) is 42.8 Å². The molecule has 2 heterocycles.